The van der Waals surface area contributed by atoms with Crippen LogP contribution in [0.1, 0.15) is 59.8 Å². The Morgan fingerprint density at radius 1 is 1.22 bits per heavy atom. The van der Waals surface area contributed by atoms with Gasteiger partial charge in [0.2, 0.25) is 5.91 Å². The SMILES string of the molecule is CC(C)CCN(C(=O)C(N)C(C)C)C1CCCC1. The lowest BCUT2D eigenvalue weighted by molar-refractivity contribution is -0.136. The zero-order valence-electron chi connectivity index (χ0n) is 12.5. The third-order valence-corrected chi connectivity index (χ3v) is 4.00. The van der Waals surface area contributed by atoms with Crippen molar-refractivity contribution in [3.8, 4) is 0 Å². The highest BCUT2D eigenvalue weighted by Crippen LogP contribution is 2.25. The van der Waals surface area contributed by atoms with Crippen molar-refractivity contribution in [3.63, 3.8) is 0 Å². The summed E-state index contributed by atoms with van der Waals surface area (Å²) < 4.78 is 0. The molecule has 0 aliphatic heterocycles. The van der Waals surface area contributed by atoms with Gasteiger partial charge in [-0.2, -0.15) is 0 Å². The van der Waals surface area contributed by atoms with E-state index in [4.69, 9.17) is 5.73 Å². The van der Waals surface area contributed by atoms with Crippen molar-refractivity contribution in [1.82, 2.24) is 4.90 Å². The van der Waals surface area contributed by atoms with Gasteiger partial charge in [-0.05, 0) is 31.1 Å². The average molecular weight is 254 g/mol. The maximum absolute atomic E-state index is 12.5. The largest absolute Gasteiger partial charge is 0.338 e. The Morgan fingerprint density at radius 2 is 1.78 bits per heavy atom. The molecule has 0 saturated heterocycles. The molecule has 3 nitrogen and oxygen atoms in total. The standard InChI is InChI=1S/C15H30N2O/c1-11(2)9-10-17(13-7-5-6-8-13)15(18)14(16)12(3)4/h11-14H,5-10,16H2,1-4H3. The summed E-state index contributed by atoms with van der Waals surface area (Å²) in [7, 11) is 0. The molecule has 0 heterocycles. The predicted octanol–water partition coefficient (Wildman–Crippen LogP) is 2.79. The molecular formula is C15H30N2O. The van der Waals surface area contributed by atoms with Crippen molar-refractivity contribution in [2.45, 2.75) is 71.9 Å². The number of hydrogen-bond acceptors (Lipinski definition) is 2. The fraction of sp³-hybridized carbons (Fsp3) is 0.933. The number of nitrogens with two attached hydrogens (primary N) is 1. The van der Waals surface area contributed by atoms with Crippen LogP contribution < -0.4 is 5.73 Å². The number of nitrogens with zero attached hydrogens (tertiary/aromatic N) is 1. The molecule has 1 rings (SSSR count). The first kappa shape index (κ1) is 15.5. The van der Waals surface area contributed by atoms with Gasteiger partial charge in [-0.25, -0.2) is 0 Å². The average Bonchev–Trinajstić information content (AvgIpc) is 2.81. The second-order valence-corrected chi connectivity index (χ2v) is 6.42. The van der Waals surface area contributed by atoms with Gasteiger partial charge in [0.05, 0.1) is 6.04 Å². The highest BCUT2D eigenvalue weighted by Gasteiger charge is 2.30. The van der Waals surface area contributed by atoms with Crippen molar-refractivity contribution in [2.24, 2.45) is 17.6 Å². The topological polar surface area (TPSA) is 46.3 Å². The monoisotopic (exact) mass is 254 g/mol. The highest BCUT2D eigenvalue weighted by molar-refractivity contribution is 5.82. The van der Waals surface area contributed by atoms with Crippen LogP contribution in [0.3, 0.4) is 0 Å². The van der Waals surface area contributed by atoms with Crippen LogP contribution in [0.5, 0.6) is 0 Å². The number of hydrogen-bond donors (Lipinski definition) is 1. The Hall–Kier alpha value is -0.570. The van der Waals surface area contributed by atoms with E-state index in [2.05, 4.69) is 18.7 Å². The molecule has 106 valence electrons. The fourth-order valence-corrected chi connectivity index (χ4v) is 2.56. The lowest BCUT2D eigenvalue weighted by Crippen LogP contribution is -2.50. The fourth-order valence-electron chi connectivity index (χ4n) is 2.56. The third-order valence-electron chi connectivity index (χ3n) is 4.00. The number of amides is 1. The molecule has 0 radical (unpaired) electrons. The van der Waals surface area contributed by atoms with Crippen molar-refractivity contribution in [1.29, 1.82) is 0 Å². The lowest BCUT2D eigenvalue weighted by Gasteiger charge is -2.33. The van der Waals surface area contributed by atoms with E-state index in [1.165, 1.54) is 12.8 Å². The molecule has 1 unspecified atom stereocenters. The third kappa shape index (κ3) is 4.27. The molecule has 0 aromatic carbocycles. The molecule has 1 aliphatic carbocycles. The van der Waals surface area contributed by atoms with E-state index in [0.29, 0.717) is 12.0 Å². The summed E-state index contributed by atoms with van der Waals surface area (Å²) in [6.45, 7) is 9.34. The van der Waals surface area contributed by atoms with Gasteiger partial charge in [0.25, 0.3) is 0 Å². The molecule has 0 aromatic rings. The van der Waals surface area contributed by atoms with Gasteiger partial charge in [0.1, 0.15) is 0 Å². The molecule has 1 aliphatic rings. The molecule has 0 aromatic heterocycles. The number of carbonyl (C=O) groups is 1. The quantitative estimate of drug-likeness (QED) is 0.792. The van der Waals surface area contributed by atoms with E-state index < -0.39 is 0 Å². The van der Waals surface area contributed by atoms with E-state index in [0.717, 1.165) is 25.8 Å². The van der Waals surface area contributed by atoms with Crippen molar-refractivity contribution < 1.29 is 4.79 Å². The van der Waals surface area contributed by atoms with Crippen LogP contribution >= 0.6 is 0 Å². The van der Waals surface area contributed by atoms with Crippen molar-refractivity contribution in [2.75, 3.05) is 6.54 Å². The summed E-state index contributed by atoms with van der Waals surface area (Å²) in [5, 5.41) is 0. The van der Waals surface area contributed by atoms with Gasteiger partial charge >= 0.3 is 0 Å². The van der Waals surface area contributed by atoms with E-state index in [9.17, 15) is 4.79 Å². The first-order valence-electron chi connectivity index (χ1n) is 7.49. The Bertz CT molecular complexity index is 257. The van der Waals surface area contributed by atoms with Crippen LogP contribution in [0.15, 0.2) is 0 Å². The minimum atomic E-state index is -0.335. The van der Waals surface area contributed by atoms with Crippen LogP contribution in [0, 0.1) is 11.8 Å². The second-order valence-electron chi connectivity index (χ2n) is 6.42. The van der Waals surface area contributed by atoms with Gasteiger partial charge in [0, 0.05) is 12.6 Å². The molecule has 18 heavy (non-hydrogen) atoms. The van der Waals surface area contributed by atoms with Gasteiger partial charge < -0.3 is 10.6 Å². The minimum absolute atomic E-state index is 0.164. The summed E-state index contributed by atoms with van der Waals surface area (Å²) in [5.74, 6) is 1.02. The van der Waals surface area contributed by atoms with Crippen LogP contribution in [-0.2, 0) is 4.79 Å². The first-order valence-corrected chi connectivity index (χ1v) is 7.49. The van der Waals surface area contributed by atoms with Gasteiger partial charge in [-0.3, -0.25) is 4.79 Å². The Balaban J connectivity index is 2.66. The van der Waals surface area contributed by atoms with E-state index >= 15 is 0 Å². The van der Waals surface area contributed by atoms with Crippen molar-refractivity contribution >= 4 is 5.91 Å². The summed E-state index contributed by atoms with van der Waals surface area (Å²) >= 11 is 0. The smallest absolute Gasteiger partial charge is 0.239 e. The minimum Gasteiger partial charge on any atom is -0.338 e. The highest BCUT2D eigenvalue weighted by atomic mass is 16.2. The Morgan fingerprint density at radius 3 is 2.22 bits per heavy atom. The number of rotatable bonds is 6. The maximum Gasteiger partial charge on any atom is 0.239 e. The normalized spacial score (nSPS) is 18.6. The Labute approximate surface area is 112 Å². The van der Waals surface area contributed by atoms with Gasteiger partial charge in [-0.15, -0.1) is 0 Å². The molecular weight excluding hydrogens is 224 g/mol. The van der Waals surface area contributed by atoms with Crippen LogP contribution in [-0.4, -0.2) is 29.4 Å². The molecule has 1 saturated carbocycles. The van der Waals surface area contributed by atoms with Crippen LogP contribution in [0.2, 0.25) is 0 Å². The van der Waals surface area contributed by atoms with E-state index in [-0.39, 0.29) is 17.9 Å². The molecule has 2 N–H and O–H groups in total. The summed E-state index contributed by atoms with van der Waals surface area (Å²) in [4.78, 5) is 14.6. The van der Waals surface area contributed by atoms with Gasteiger partial charge in [0.15, 0.2) is 0 Å². The summed E-state index contributed by atoms with van der Waals surface area (Å²) in [6.07, 6.45) is 5.91. The van der Waals surface area contributed by atoms with Crippen LogP contribution in [0.4, 0.5) is 0 Å². The molecule has 1 fully saturated rings. The molecule has 0 spiro atoms. The Kier molecular flexibility index (Phi) is 6.13. The first-order chi connectivity index (χ1) is 8.43. The predicted molar refractivity (Wildman–Crippen MR) is 76.2 cm³/mol. The molecule has 0 bridgehead atoms. The zero-order chi connectivity index (χ0) is 13.7. The van der Waals surface area contributed by atoms with Crippen LogP contribution in [0.25, 0.3) is 0 Å². The molecule has 1 amide bonds. The van der Waals surface area contributed by atoms with Crippen molar-refractivity contribution in [3.05, 3.63) is 0 Å². The number of carbonyl (C=O) groups excluding carboxylic acids is 1. The summed E-state index contributed by atoms with van der Waals surface area (Å²) in [6, 6.07) is 0.110. The second kappa shape index (κ2) is 7.13. The zero-order valence-corrected chi connectivity index (χ0v) is 12.5. The summed E-state index contributed by atoms with van der Waals surface area (Å²) in [5.41, 5.74) is 6.04. The molecule has 1 atom stereocenters. The van der Waals surface area contributed by atoms with Gasteiger partial charge in [-0.1, -0.05) is 40.5 Å². The molecule has 3 heteroatoms. The van der Waals surface area contributed by atoms with E-state index in [1.54, 1.807) is 0 Å². The lowest BCUT2D eigenvalue weighted by atomic mass is 10.0. The van der Waals surface area contributed by atoms with E-state index in [1.807, 2.05) is 13.8 Å². The maximum atomic E-state index is 12.5.